The highest BCUT2D eigenvalue weighted by molar-refractivity contribution is 9.10. The third-order valence-electron chi connectivity index (χ3n) is 2.19. The zero-order valence-corrected chi connectivity index (χ0v) is 11.0. The Morgan fingerprint density at radius 2 is 2.29 bits per heavy atom. The van der Waals surface area contributed by atoms with E-state index < -0.39 is 0 Å². The summed E-state index contributed by atoms with van der Waals surface area (Å²) in [4.78, 5) is 4.00. The Morgan fingerprint density at radius 1 is 1.53 bits per heavy atom. The van der Waals surface area contributed by atoms with Gasteiger partial charge in [-0.25, -0.2) is 4.98 Å². The van der Waals surface area contributed by atoms with E-state index in [1.165, 1.54) is 0 Å². The molecule has 0 aliphatic rings. The number of halogens is 1. The van der Waals surface area contributed by atoms with Crippen LogP contribution in [0.1, 0.15) is 18.7 Å². The van der Waals surface area contributed by atoms with Gasteiger partial charge in [0.15, 0.2) is 11.6 Å². The first-order valence-corrected chi connectivity index (χ1v) is 5.79. The lowest BCUT2D eigenvalue weighted by Gasteiger charge is -2.13. The van der Waals surface area contributed by atoms with Gasteiger partial charge in [-0.15, -0.1) is 5.10 Å². The Hall–Kier alpha value is -1.63. The Bertz CT molecular complexity index is 527. The molecule has 2 aromatic rings. The van der Waals surface area contributed by atoms with E-state index in [9.17, 15) is 0 Å². The Balaban J connectivity index is 2.18. The second kappa shape index (κ2) is 4.70. The number of aryl methyl sites for hydroxylation is 1. The summed E-state index contributed by atoms with van der Waals surface area (Å²) in [6.07, 6.45) is 3.18. The van der Waals surface area contributed by atoms with E-state index in [0.717, 1.165) is 10.2 Å². The van der Waals surface area contributed by atoms with E-state index in [1.807, 2.05) is 6.92 Å². The number of hydrogen-bond acceptors (Lipinski definition) is 5. The number of rotatable bonds is 3. The molecule has 0 fully saturated rings. The van der Waals surface area contributed by atoms with E-state index in [4.69, 9.17) is 10.5 Å². The largest absolute Gasteiger partial charge is 0.480 e. The number of anilines is 1. The van der Waals surface area contributed by atoms with Crippen molar-refractivity contribution in [2.45, 2.75) is 13.0 Å². The highest BCUT2D eigenvalue weighted by Crippen LogP contribution is 2.27. The molecule has 0 amide bonds. The molecule has 2 N–H and O–H groups in total. The maximum atomic E-state index is 5.72. The molecule has 0 saturated carbocycles. The molecule has 6 nitrogen and oxygen atoms in total. The van der Waals surface area contributed by atoms with Gasteiger partial charge in [-0.1, -0.05) is 5.21 Å². The molecule has 1 unspecified atom stereocenters. The summed E-state index contributed by atoms with van der Waals surface area (Å²) in [6, 6.07) is 1.77. The number of nitrogens with zero attached hydrogens (tertiary/aromatic N) is 4. The highest BCUT2D eigenvalue weighted by Gasteiger charge is 2.13. The summed E-state index contributed by atoms with van der Waals surface area (Å²) in [5, 5.41) is 7.83. The second-order valence-electron chi connectivity index (χ2n) is 3.61. The van der Waals surface area contributed by atoms with Crippen LogP contribution < -0.4 is 10.5 Å². The van der Waals surface area contributed by atoms with Crippen molar-refractivity contribution >= 4 is 21.7 Å². The third-order valence-corrected chi connectivity index (χ3v) is 2.62. The SMILES string of the molecule is CC(Oc1cc(Br)cnc1N)c1cn(C)nn1. The van der Waals surface area contributed by atoms with Crippen LogP contribution in [0.5, 0.6) is 5.75 Å². The molecule has 90 valence electrons. The molecule has 7 heteroatoms. The van der Waals surface area contributed by atoms with Gasteiger partial charge in [0.05, 0.1) is 6.20 Å². The van der Waals surface area contributed by atoms with Crippen LogP contribution in [0.4, 0.5) is 5.82 Å². The Labute approximate surface area is 107 Å². The average Bonchev–Trinajstić information content (AvgIpc) is 2.70. The van der Waals surface area contributed by atoms with Gasteiger partial charge in [0.2, 0.25) is 0 Å². The monoisotopic (exact) mass is 297 g/mol. The first-order chi connectivity index (χ1) is 8.06. The minimum absolute atomic E-state index is 0.234. The van der Waals surface area contributed by atoms with E-state index >= 15 is 0 Å². The van der Waals surface area contributed by atoms with Crippen LogP contribution in [0.3, 0.4) is 0 Å². The van der Waals surface area contributed by atoms with Crippen molar-refractivity contribution in [2.24, 2.45) is 7.05 Å². The van der Waals surface area contributed by atoms with Gasteiger partial charge >= 0.3 is 0 Å². The molecular weight excluding hydrogens is 286 g/mol. The molecular formula is C10H12BrN5O. The van der Waals surface area contributed by atoms with Gasteiger partial charge in [-0.05, 0) is 28.9 Å². The highest BCUT2D eigenvalue weighted by atomic mass is 79.9. The number of pyridine rings is 1. The number of nitrogen functional groups attached to an aromatic ring is 1. The number of hydrogen-bond donors (Lipinski definition) is 1. The second-order valence-corrected chi connectivity index (χ2v) is 4.53. The van der Waals surface area contributed by atoms with Crippen molar-refractivity contribution in [3.05, 3.63) is 28.6 Å². The lowest BCUT2D eigenvalue weighted by molar-refractivity contribution is 0.222. The third kappa shape index (κ3) is 2.73. The molecule has 0 aromatic carbocycles. The van der Waals surface area contributed by atoms with Crippen LogP contribution in [0.25, 0.3) is 0 Å². The maximum Gasteiger partial charge on any atom is 0.166 e. The molecule has 0 aliphatic heterocycles. The van der Waals surface area contributed by atoms with E-state index in [0.29, 0.717) is 11.6 Å². The maximum absolute atomic E-state index is 5.72. The first-order valence-electron chi connectivity index (χ1n) is 5.00. The Kier molecular flexibility index (Phi) is 3.28. The molecule has 0 aliphatic carbocycles. The zero-order chi connectivity index (χ0) is 12.4. The number of aromatic nitrogens is 4. The lowest BCUT2D eigenvalue weighted by atomic mass is 10.3. The summed E-state index contributed by atoms with van der Waals surface area (Å²) >= 11 is 3.32. The van der Waals surface area contributed by atoms with Crippen LogP contribution in [0, 0.1) is 0 Å². The summed E-state index contributed by atoms with van der Waals surface area (Å²) in [7, 11) is 1.80. The summed E-state index contributed by atoms with van der Waals surface area (Å²) in [5.74, 6) is 0.876. The van der Waals surface area contributed by atoms with Crippen LogP contribution >= 0.6 is 15.9 Å². The van der Waals surface area contributed by atoms with Crippen molar-refractivity contribution in [1.29, 1.82) is 0 Å². The van der Waals surface area contributed by atoms with Crippen molar-refractivity contribution in [2.75, 3.05) is 5.73 Å². The van der Waals surface area contributed by atoms with E-state index in [-0.39, 0.29) is 6.10 Å². The molecule has 0 radical (unpaired) electrons. The molecule has 2 aromatic heterocycles. The van der Waals surface area contributed by atoms with Gasteiger partial charge in [-0.2, -0.15) is 0 Å². The van der Waals surface area contributed by atoms with Crippen molar-refractivity contribution in [3.8, 4) is 5.75 Å². The molecule has 2 heterocycles. The lowest BCUT2D eigenvalue weighted by Crippen LogP contribution is -2.06. The molecule has 0 spiro atoms. The molecule has 17 heavy (non-hydrogen) atoms. The van der Waals surface area contributed by atoms with Crippen molar-refractivity contribution < 1.29 is 4.74 Å². The van der Waals surface area contributed by atoms with Crippen LogP contribution in [0.2, 0.25) is 0 Å². The summed E-state index contributed by atoms with van der Waals surface area (Å²) in [6.45, 7) is 1.88. The number of nitrogens with two attached hydrogens (primary N) is 1. The fraction of sp³-hybridized carbons (Fsp3) is 0.300. The van der Waals surface area contributed by atoms with Gasteiger partial charge in [0, 0.05) is 17.7 Å². The van der Waals surface area contributed by atoms with Crippen molar-refractivity contribution in [1.82, 2.24) is 20.0 Å². The van der Waals surface area contributed by atoms with Gasteiger partial charge in [0.1, 0.15) is 11.8 Å². The average molecular weight is 298 g/mol. The topological polar surface area (TPSA) is 78.9 Å². The molecule has 0 saturated heterocycles. The zero-order valence-electron chi connectivity index (χ0n) is 9.46. The first kappa shape index (κ1) is 11.8. The number of ether oxygens (including phenoxy) is 1. The van der Waals surface area contributed by atoms with Gasteiger partial charge in [-0.3, -0.25) is 4.68 Å². The molecule has 2 rings (SSSR count). The fourth-order valence-electron chi connectivity index (χ4n) is 1.33. The van der Waals surface area contributed by atoms with E-state index in [2.05, 4.69) is 31.2 Å². The van der Waals surface area contributed by atoms with E-state index in [1.54, 1.807) is 30.2 Å². The molecule has 0 bridgehead atoms. The van der Waals surface area contributed by atoms with Crippen LogP contribution in [0.15, 0.2) is 22.9 Å². The minimum atomic E-state index is -0.234. The smallest absolute Gasteiger partial charge is 0.166 e. The minimum Gasteiger partial charge on any atom is -0.480 e. The van der Waals surface area contributed by atoms with Crippen LogP contribution in [-0.2, 0) is 7.05 Å². The van der Waals surface area contributed by atoms with Crippen LogP contribution in [-0.4, -0.2) is 20.0 Å². The van der Waals surface area contributed by atoms with Gasteiger partial charge < -0.3 is 10.5 Å². The Morgan fingerprint density at radius 3 is 2.94 bits per heavy atom. The molecule has 1 atom stereocenters. The van der Waals surface area contributed by atoms with Gasteiger partial charge in [0.25, 0.3) is 0 Å². The van der Waals surface area contributed by atoms with Crippen molar-refractivity contribution in [3.63, 3.8) is 0 Å². The standard InChI is InChI=1S/C10H12BrN5O/c1-6(8-5-16(2)15-14-8)17-9-3-7(11)4-13-10(9)12/h3-6H,1-2H3,(H2,12,13). The normalized spacial score (nSPS) is 12.4. The fourth-order valence-corrected chi connectivity index (χ4v) is 1.64. The predicted octanol–water partition coefficient (Wildman–Crippen LogP) is 1.69. The predicted molar refractivity (Wildman–Crippen MR) is 66.4 cm³/mol. The summed E-state index contributed by atoms with van der Waals surface area (Å²) in [5.41, 5.74) is 6.47. The quantitative estimate of drug-likeness (QED) is 0.933. The summed E-state index contributed by atoms with van der Waals surface area (Å²) < 4.78 is 8.13.